The second-order valence-corrected chi connectivity index (χ2v) is 10.3. The summed E-state index contributed by atoms with van der Waals surface area (Å²) in [7, 11) is 1.56. The van der Waals surface area contributed by atoms with Gasteiger partial charge < -0.3 is 34.1 Å². The number of thioether (sulfide) groups is 1. The summed E-state index contributed by atoms with van der Waals surface area (Å²) < 4.78 is 22.8. The van der Waals surface area contributed by atoms with Crippen LogP contribution in [0.3, 0.4) is 0 Å². The number of morpholine rings is 2. The largest absolute Gasteiger partial charge is 0.493 e. The van der Waals surface area contributed by atoms with Gasteiger partial charge in [-0.05, 0) is 47.7 Å². The number of nitrogens with zero attached hydrogens (tertiary/aromatic N) is 6. The maximum Gasteiger partial charge on any atom is 0.328 e. The molecule has 0 aliphatic carbocycles. The predicted octanol–water partition coefficient (Wildman–Crippen LogP) is 3.24. The van der Waals surface area contributed by atoms with Crippen LogP contribution in [-0.4, -0.2) is 85.7 Å². The van der Waals surface area contributed by atoms with Gasteiger partial charge in [-0.2, -0.15) is 15.0 Å². The molecule has 0 saturated carbocycles. The number of amides is 1. The van der Waals surface area contributed by atoms with Crippen molar-refractivity contribution in [3.8, 4) is 17.5 Å². The molecule has 1 amide bonds. The lowest BCUT2D eigenvalue weighted by Gasteiger charge is -2.30. The Balaban J connectivity index is 1.24. The maximum absolute atomic E-state index is 12.6. The van der Waals surface area contributed by atoms with E-state index in [1.54, 1.807) is 25.3 Å². The summed E-state index contributed by atoms with van der Waals surface area (Å²) in [5.41, 5.74) is 1.54. The Morgan fingerprint density at radius 2 is 1.56 bits per heavy atom. The number of benzene rings is 2. The van der Waals surface area contributed by atoms with Gasteiger partial charge in [0.1, 0.15) is 0 Å². The van der Waals surface area contributed by atoms with Gasteiger partial charge in [-0.15, -0.1) is 0 Å². The molecule has 1 N–H and O–H groups in total. The molecule has 0 spiro atoms. The van der Waals surface area contributed by atoms with E-state index in [1.807, 2.05) is 36.4 Å². The van der Waals surface area contributed by atoms with Crippen LogP contribution in [0.25, 0.3) is 6.08 Å². The van der Waals surface area contributed by atoms with Crippen LogP contribution >= 0.6 is 11.8 Å². The molecular weight excluding hydrogens is 546 g/mol. The molecule has 3 aliphatic heterocycles. The van der Waals surface area contributed by atoms with Crippen molar-refractivity contribution in [2.45, 2.75) is 0 Å². The number of hydrogen-bond acceptors (Lipinski definition) is 12. The summed E-state index contributed by atoms with van der Waals surface area (Å²) in [4.78, 5) is 35.7. The van der Waals surface area contributed by atoms with Gasteiger partial charge in [0.15, 0.2) is 16.7 Å². The van der Waals surface area contributed by atoms with Crippen LogP contribution in [-0.2, 0) is 14.3 Å². The number of amidine groups is 1. The third-order valence-electron chi connectivity index (χ3n) is 6.50. The van der Waals surface area contributed by atoms with Crippen molar-refractivity contribution in [3.05, 3.63) is 59.0 Å². The molecule has 0 unspecified atom stereocenters. The number of para-hydroxylation sites is 1. The second kappa shape index (κ2) is 12.5. The molecular formula is C28H29N7O5S. The van der Waals surface area contributed by atoms with Crippen molar-refractivity contribution in [1.82, 2.24) is 20.3 Å². The van der Waals surface area contributed by atoms with Crippen molar-refractivity contribution in [2.24, 2.45) is 4.99 Å². The summed E-state index contributed by atoms with van der Waals surface area (Å²) >= 11 is 1.28. The third kappa shape index (κ3) is 6.59. The van der Waals surface area contributed by atoms with E-state index in [1.165, 1.54) is 11.8 Å². The lowest BCUT2D eigenvalue weighted by Crippen LogP contribution is -2.40. The molecule has 13 heteroatoms. The second-order valence-electron chi connectivity index (χ2n) is 9.25. The SMILES string of the molecule is COc1cc(/C=C2/SC(=Nc3ccccc3)NC2=O)ccc1Oc1nc(N2CCOCC2)nc(N2CCOCC2)n1. The highest BCUT2D eigenvalue weighted by atomic mass is 32.2. The first-order chi connectivity index (χ1) is 20.1. The highest BCUT2D eigenvalue weighted by Gasteiger charge is 2.25. The molecule has 0 atom stereocenters. The molecule has 1 aromatic heterocycles. The summed E-state index contributed by atoms with van der Waals surface area (Å²) in [6.07, 6.45) is 1.79. The van der Waals surface area contributed by atoms with Gasteiger partial charge in [-0.1, -0.05) is 24.3 Å². The smallest absolute Gasteiger partial charge is 0.328 e. The van der Waals surface area contributed by atoms with Crippen LogP contribution < -0.4 is 24.6 Å². The van der Waals surface area contributed by atoms with Crippen LogP contribution in [0.4, 0.5) is 17.6 Å². The van der Waals surface area contributed by atoms with E-state index in [9.17, 15) is 4.79 Å². The number of rotatable bonds is 7. The number of carbonyl (C=O) groups excluding carboxylic acids is 1. The van der Waals surface area contributed by atoms with Gasteiger partial charge >= 0.3 is 6.01 Å². The Morgan fingerprint density at radius 3 is 2.20 bits per heavy atom. The Morgan fingerprint density at radius 1 is 0.902 bits per heavy atom. The molecule has 41 heavy (non-hydrogen) atoms. The van der Waals surface area contributed by atoms with Crippen molar-refractivity contribution in [1.29, 1.82) is 0 Å². The Hall–Kier alpha value is -4.20. The van der Waals surface area contributed by atoms with Crippen LogP contribution in [0.2, 0.25) is 0 Å². The van der Waals surface area contributed by atoms with Crippen molar-refractivity contribution in [2.75, 3.05) is 69.5 Å². The monoisotopic (exact) mass is 575 g/mol. The van der Waals surface area contributed by atoms with Gasteiger partial charge in [0.2, 0.25) is 11.9 Å². The molecule has 6 rings (SSSR count). The van der Waals surface area contributed by atoms with Crippen molar-refractivity contribution < 1.29 is 23.7 Å². The Labute approximate surface area is 241 Å². The number of aliphatic imine (C=N–C) groups is 1. The predicted molar refractivity (Wildman–Crippen MR) is 156 cm³/mol. The highest BCUT2D eigenvalue weighted by Crippen LogP contribution is 2.34. The molecule has 4 heterocycles. The Kier molecular flexibility index (Phi) is 8.26. The number of anilines is 2. The fourth-order valence-corrected chi connectivity index (χ4v) is 5.24. The van der Waals surface area contributed by atoms with E-state index >= 15 is 0 Å². The molecule has 3 aliphatic rings. The average molecular weight is 576 g/mol. The summed E-state index contributed by atoms with van der Waals surface area (Å²) in [6, 6.07) is 15.1. The number of carbonyl (C=O) groups is 1. The average Bonchev–Trinajstić information content (AvgIpc) is 3.36. The zero-order valence-electron chi connectivity index (χ0n) is 22.5. The van der Waals surface area contributed by atoms with E-state index in [0.717, 1.165) is 11.3 Å². The number of hydrogen-bond donors (Lipinski definition) is 1. The number of ether oxygens (including phenoxy) is 4. The fraction of sp³-hybridized carbons (Fsp3) is 0.321. The van der Waals surface area contributed by atoms with E-state index in [0.29, 0.717) is 86.1 Å². The lowest BCUT2D eigenvalue weighted by molar-refractivity contribution is -0.115. The fourth-order valence-electron chi connectivity index (χ4n) is 4.40. The lowest BCUT2D eigenvalue weighted by atomic mass is 10.2. The zero-order valence-corrected chi connectivity index (χ0v) is 23.3. The summed E-state index contributed by atoms with van der Waals surface area (Å²) in [6.45, 7) is 5.16. The van der Waals surface area contributed by atoms with Gasteiger partial charge in [-0.3, -0.25) is 4.79 Å². The van der Waals surface area contributed by atoms with Crippen LogP contribution in [0.15, 0.2) is 58.4 Å². The van der Waals surface area contributed by atoms with Crippen LogP contribution in [0.1, 0.15) is 5.56 Å². The number of aromatic nitrogens is 3. The topological polar surface area (TPSA) is 124 Å². The normalized spacial score (nSPS) is 19.5. The zero-order chi connectivity index (χ0) is 28.0. The number of nitrogens with one attached hydrogen (secondary N) is 1. The minimum absolute atomic E-state index is 0.167. The van der Waals surface area contributed by atoms with E-state index < -0.39 is 0 Å². The van der Waals surface area contributed by atoms with Crippen molar-refractivity contribution >= 4 is 46.5 Å². The van der Waals surface area contributed by atoms with Crippen molar-refractivity contribution in [3.63, 3.8) is 0 Å². The first-order valence-electron chi connectivity index (χ1n) is 13.3. The molecule has 2 aromatic carbocycles. The Bertz CT molecular complexity index is 1420. The molecule has 212 valence electrons. The quantitative estimate of drug-likeness (QED) is 0.418. The van der Waals surface area contributed by atoms with E-state index in [4.69, 9.17) is 23.9 Å². The van der Waals surface area contributed by atoms with Crippen LogP contribution in [0.5, 0.6) is 17.5 Å². The number of methoxy groups -OCH3 is 1. The third-order valence-corrected chi connectivity index (χ3v) is 7.41. The van der Waals surface area contributed by atoms with E-state index in [-0.39, 0.29) is 11.9 Å². The molecule has 12 nitrogen and oxygen atoms in total. The standard InChI is InChI=1S/C28H29N7O5S/c1-37-22-17-19(18-23-24(36)30-28(41-23)29-20-5-3-2-4-6-20)7-8-21(22)40-27-32-25(34-9-13-38-14-10-34)31-26(33-27)35-11-15-39-16-12-35/h2-8,17-18H,9-16H2,1H3,(H,29,30,36)/b23-18+. The van der Waals surface area contributed by atoms with Crippen LogP contribution in [0, 0.1) is 0 Å². The van der Waals surface area contributed by atoms with Gasteiger partial charge in [0.25, 0.3) is 5.91 Å². The summed E-state index contributed by atoms with van der Waals surface area (Å²) in [5, 5.41) is 3.34. The molecule has 0 bridgehead atoms. The minimum atomic E-state index is -0.208. The highest BCUT2D eigenvalue weighted by molar-refractivity contribution is 8.18. The van der Waals surface area contributed by atoms with Gasteiger partial charge in [0.05, 0.1) is 44.1 Å². The van der Waals surface area contributed by atoms with Gasteiger partial charge in [0, 0.05) is 26.2 Å². The minimum Gasteiger partial charge on any atom is -0.493 e. The van der Waals surface area contributed by atoms with E-state index in [2.05, 4.69) is 30.1 Å². The first kappa shape index (κ1) is 27.0. The maximum atomic E-state index is 12.6. The van der Waals surface area contributed by atoms with Gasteiger partial charge in [-0.25, -0.2) is 4.99 Å². The molecule has 3 fully saturated rings. The molecule has 3 aromatic rings. The first-order valence-corrected chi connectivity index (χ1v) is 14.1. The molecule has 0 radical (unpaired) electrons. The summed E-state index contributed by atoms with van der Waals surface area (Å²) in [5.74, 6) is 1.79. The molecule has 3 saturated heterocycles.